The number of nitrogens with zero attached hydrogens (tertiary/aromatic N) is 4. The van der Waals surface area contributed by atoms with E-state index in [1.165, 1.54) is 12.8 Å². The number of aromatic nitrogens is 2. The maximum absolute atomic E-state index is 13.0. The highest BCUT2D eigenvalue weighted by molar-refractivity contribution is 5.84. The molecule has 4 N–H and O–H groups in total. The lowest BCUT2D eigenvalue weighted by molar-refractivity contribution is -0.129. The Kier molecular flexibility index (Phi) is 11.5. The lowest BCUT2D eigenvalue weighted by Crippen LogP contribution is -2.52. The Morgan fingerprint density at radius 2 is 1.07 bits per heavy atom. The van der Waals surface area contributed by atoms with E-state index in [4.69, 9.17) is 0 Å². The van der Waals surface area contributed by atoms with E-state index in [0.717, 1.165) is 37.1 Å². The summed E-state index contributed by atoms with van der Waals surface area (Å²) in [4.78, 5) is 56.0. The highest BCUT2D eigenvalue weighted by Crippen LogP contribution is 2.50. The van der Waals surface area contributed by atoms with Gasteiger partial charge >= 0.3 is 0 Å². The number of rotatable bonds is 10. The van der Waals surface area contributed by atoms with Crippen LogP contribution < -0.4 is 21.8 Å². The fourth-order valence-corrected chi connectivity index (χ4v) is 10.3. The molecule has 0 radical (unpaired) electrons. The monoisotopic (exact) mass is 742 g/mol. The molecule has 0 aromatic carbocycles. The van der Waals surface area contributed by atoms with Crippen LogP contribution in [0.15, 0.2) is 46.0 Å². The van der Waals surface area contributed by atoms with Gasteiger partial charge < -0.3 is 30.0 Å². The third-order valence-electron chi connectivity index (χ3n) is 13.3. The molecular weight excluding hydrogens is 684 g/mol. The van der Waals surface area contributed by atoms with Crippen LogP contribution in [0.1, 0.15) is 101 Å². The summed E-state index contributed by atoms with van der Waals surface area (Å²) in [7, 11) is 0. The fourth-order valence-electron chi connectivity index (χ4n) is 10.3. The van der Waals surface area contributed by atoms with Gasteiger partial charge in [-0.1, -0.05) is 38.2 Å². The average Bonchev–Trinajstić information content (AvgIpc) is 3.87. The Morgan fingerprint density at radius 3 is 1.37 bits per heavy atom. The lowest BCUT2D eigenvalue weighted by Gasteiger charge is -2.33. The van der Waals surface area contributed by atoms with Crippen molar-refractivity contribution < 1.29 is 19.8 Å². The van der Waals surface area contributed by atoms with Gasteiger partial charge in [0.15, 0.2) is 0 Å². The van der Waals surface area contributed by atoms with Crippen LogP contribution >= 0.6 is 0 Å². The normalized spacial score (nSPS) is 30.3. The van der Waals surface area contributed by atoms with Crippen LogP contribution in [0, 0.1) is 23.7 Å². The van der Waals surface area contributed by atoms with Crippen LogP contribution in [0.2, 0.25) is 0 Å². The number of carbonyl (C=O) groups excluding carboxylic acids is 2. The number of nitrogens with one attached hydrogen (secondary N) is 2. The summed E-state index contributed by atoms with van der Waals surface area (Å²) in [6.07, 6.45) is 13.9. The molecular formula is C42H58N6O6. The van der Waals surface area contributed by atoms with E-state index in [1.54, 1.807) is 0 Å². The number of carbonyl (C=O) groups is 2. The highest BCUT2D eigenvalue weighted by atomic mass is 16.3. The molecule has 292 valence electrons. The molecule has 4 fully saturated rings. The molecule has 54 heavy (non-hydrogen) atoms. The summed E-state index contributed by atoms with van der Waals surface area (Å²) >= 11 is 0. The van der Waals surface area contributed by atoms with Crippen LogP contribution in [0.25, 0.3) is 12.2 Å². The first kappa shape index (κ1) is 38.4. The minimum absolute atomic E-state index is 0.0108. The second-order valence-electron chi connectivity index (χ2n) is 16.0. The summed E-state index contributed by atoms with van der Waals surface area (Å²) in [5.41, 5.74) is 3.34. The van der Waals surface area contributed by atoms with Crippen LogP contribution in [-0.4, -0.2) is 91.4 Å². The van der Waals surface area contributed by atoms with Gasteiger partial charge in [-0.3, -0.25) is 29.0 Å². The number of allylic oxidation sites excluding steroid dienone is 2. The molecule has 0 spiro atoms. The molecule has 2 saturated carbocycles. The topological polar surface area (TPSA) is 149 Å². The van der Waals surface area contributed by atoms with Gasteiger partial charge in [0.2, 0.25) is 11.8 Å². The lowest BCUT2D eigenvalue weighted by atomic mass is 9.87. The molecule has 8 rings (SSSR count). The van der Waals surface area contributed by atoms with Crippen molar-refractivity contribution in [1.82, 2.24) is 29.6 Å². The molecule has 12 heteroatoms. The van der Waals surface area contributed by atoms with Crippen molar-refractivity contribution in [3.63, 3.8) is 0 Å². The Morgan fingerprint density at radius 1 is 0.685 bits per heavy atom. The first-order chi connectivity index (χ1) is 26.2. The summed E-state index contributed by atoms with van der Waals surface area (Å²) in [6, 6.07) is 7.73. The van der Waals surface area contributed by atoms with E-state index in [0.29, 0.717) is 37.3 Å². The summed E-state index contributed by atoms with van der Waals surface area (Å²) in [5, 5.41) is 26.6. The van der Waals surface area contributed by atoms with Crippen molar-refractivity contribution in [2.75, 3.05) is 26.3 Å². The maximum atomic E-state index is 13.0. The SMILES string of the molecule is C/C=C/c1ccc2n(c1=O)C[C@H]1[C@H](CO)[C@@H](C(=O)NC3CCC3)N(CC)[C@@H]21.C/C=C\c1ccc2n(c1=O)C[C@H]1[C@H](CO)[C@@H](C(=O)NC3CCC3)N(CC)[C@@H]21. The van der Waals surface area contributed by atoms with Gasteiger partial charge in [-0.2, -0.15) is 0 Å². The second kappa shape index (κ2) is 16.1. The third kappa shape index (κ3) is 6.52. The zero-order chi connectivity index (χ0) is 38.3. The Labute approximate surface area is 317 Å². The van der Waals surface area contributed by atoms with Crippen LogP contribution in [0.5, 0.6) is 0 Å². The number of hydrogen-bond acceptors (Lipinski definition) is 8. The predicted octanol–water partition coefficient (Wildman–Crippen LogP) is 3.07. The number of hydrogen-bond donors (Lipinski definition) is 4. The largest absolute Gasteiger partial charge is 0.396 e. The van der Waals surface area contributed by atoms with Gasteiger partial charge in [0.25, 0.3) is 11.1 Å². The van der Waals surface area contributed by atoms with E-state index < -0.39 is 0 Å². The van der Waals surface area contributed by atoms with E-state index in [9.17, 15) is 29.4 Å². The summed E-state index contributed by atoms with van der Waals surface area (Å²) in [6.45, 7) is 10.4. The molecule has 6 aliphatic rings. The smallest absolute Gasteiger partial charge is 0.258 e. The van der Waals surface area contributed by atoms with Crippen LogP contribution in [0.4, 0.5) is 0 Å². The Bertz CT molecular complexity index is 1760. The number of aliphatic hydroxyl groups is 2. The highest BCUT2D eigenvalue weighted by Gasteiger charge is 2.56. The molecule has 4 aliphatic heterocycles. The first-order valence-corrected chi connectivity index (χ1v) is 20.3. The van der Waals surface area contributed by atoms with E-state index in [2.05, 4.69) is 34.3 Å². The number of pyridine rings is 2. The van der Waals surface area contributed by atoms with Gasteiger partial charge in [-0.25, -0.2) is 0 Å². The maximum Gasteiger partial charge on any atom is 0.258 e. The quantitative estimate of drug-likeness (QED) is 0.291. The molecule has 2 aromatic heterocycles. The van der Waals surface area contributed by atoms with Crippen molar-refractivity contribution >= 4 is 24.0 Å². The van der Waals surface area contributed by atoms with E-state index in [1.807, 2.05) is 71.6 Å². The van der Waals surface area contributed by atoms with Gasteiger partial charge in [0, 0.05) is 84.6 Å². The molecule has 0 bridgehead atoms. The van der Waals surface area contributed by atoms with Crippen LogP contribution in [0.3, 0.4) is 0 Å². The zero-order valence-electron chi connectivity index (χ0n) is 32.2. The fraction of sp³-hybridized carbons (Fsp3) is 0.619. The second-order valence-corrected chi connectivity index (χ2v) is 16.0. The number of likely N-dealkylation sites (tertiary alicyclic amines) is 2. The van der Waals surface area contributed by atoms with Gasteiger partial charge in [0.05, 0.1) is 24.2 Å². The van der Waals surface area contributed by atoms with E-state index >= 15 is 0 Å². The molecule has 2 amide bonds. The summed E-state index contributed by atoms with van der Waals surface area (Å²) in [5.74, 6) is -0.0656. The average molecular weight is 743 g/mol. The number of likely N-dealkylation sites (N-methyl/N-ethyl adjacent to an activating group) is 2. The van der Waals surface area contributed by atoms with Crippen molar-refractivity contribution in [2.24, 2.45) is 23.7 Å². The Balaban J connectivity index is 0.000000167. The molecule has 8 atom stereocenters. The number of fused-ring (bicyclic) bond motifs is 6. The standard InChI is InChI=1S/2C21H29N3O3/c2*1-3-6-13-9-10-17-18-15(11-24(17)21(13)27)16(12-25)19(23(18)4-2)20(26)22-14-7-5-8-14/h2*3,6,9-10,14-16,18-19,25H,4-5,7-8,11-12H2,1-2H3,(H,22,26)/b6-3+;6-3-/t2*15-,16-,18+,19-/m00/s1. The van der Waals surface area contributed by atoms with Gasteiger partial charge in [-0.15, -0.1) is 0 Å². The number of amides is 2. The molecule has 2 aromatic rings. The molecule has 2 aliphatic carbocycles. The van der Waals surface area contributed by atoms with E-state index in [-0.39, 0.29) is 96.1 Å². The van der Waals surface area contributed by atoms with Crippen molar-refractivity contribution in [2.45, 2.75) is 116 Å². The van der Waals surface area contributed by atoms with Gasteiger partial charge in [-0.05, 0) is 89.7 Å². The first-order valence-electron chi connectivity index (χ1n) is 20.3. The molecule has 2 saturated heterocycles. The minimum Gasteiger partial charge on any atom is -0.396 e. The molecule has 0 unspecified atom stereocenters. The van der Waals surface area contributed by atoms with Crippen molar-refractivity contribution in [1.29, 1.82) is 0 Å². The van der Waals surface area contributed by atoms with Crippen molar-refractivity contribution in [3.8, 4) is 0 Å². The summed E-state index contributed by atoms with van der Waals surface area (Å²) < 4.78 is 3.69. The molecule has 6 heterocycles. The number of aliphatic hydroxyl groups excluding tert-OH is 2. The van der Waals surface area contributed by atoms with Crippen molar-refractivity contribution in [3.05, 3.63) is 79.6 Å². The van der Waals surface area contributed by atoms with Crippen LogP contribution in [-0.2, 0) is 22.7 Å². The zero-order valence-corrected chi connectivity index (χ0v) is 32.2. The third-order valence-corrected chi connectivity index (χ3v) is 13.3. The Hall–Kier alpha value is -3.84. The molecule has 12 nitrogen and oxygen atoms in total. The minimum atomic E-state index is -0.324. The predicted molar refractivity (Wildman–Crippen MR) is 208 cm³/mol. The van der Waals surface area contributed by atoms with Gasteiger partial charge in [0.1, 0.15) is 0 Å².